The summed E-state index contributed by atoms with van der Waals surface area (Å²) in [4.78, 5) is 28.8. The Morgan fingerprint density at radius 1 is 0.880 bits per heavy atom. The summed E-state index contributed by atoms with van der Waals surface area (Å²) in [5.74, 6) is 0.244. The van der Waals surface area contributed by atoms with Gasteiger partial charge in [-0.1, -0.05) is 64.1 Å². The second-order valence-electron chi connectivity index (χ2n) is 13.2. The van der Waals surface area contributed by atoms with Gasteiger partial charge >= 0.3 is 6.03 Å². The zero-order valence-corrected chi connectivity index (χ0v) is 32.2. The lowest BCUT2D eigenvalue weighted by Crippen LogP contribution is -2.55. The molecule has 270 valence electrons. The molecule has 0 spiro atoms. The number of hydrogen-bond acceptors (Lipinski definition) is 7. The fraction of sp³-hybridized carbons (Fsp3) is 0.429. The Labute approximate surface area is 305 Å². The average molecular weight is 765 g/mol. The third kappa shape index (κ3) is 7.74. The second-order valence-corrected chi connectivity index (χ2v) is 18.0. The van der Waals surface area contributed by atoms with Crippen molar-refractivity contribution < 1.29 is 26.5 Å². The first-order valence-electron chi connectivity index (χ1n) is 16.4. The predicted octanol–water partition coefficient (Wildman–Crippen LogP) is 6.67. The minimum Gasteiger partial charge on any atom is -0.322 e. The number of rotatable bonds is 9. The molecule has 0 radical (unpaired) electrons. The number of hydroxylamine groups is 1. The number of carbonyl (C=O) groups excluding carboxylic acids is 1. The van der Waals surface area contributed by atoms with Crippen LogP contribution < -0.4 is 0 Å². The summed E-state index contributed by atoms with van der Waals surface area (Å²) in [5.41, 5.74) is 1.56. The second kappa shape index (κ2) is 14.9. The average Bonchev–Trinajstić information content (AvgIpc) is 3.47. The van der Waals surface area contributed by atoms with E-state index in [1.807, 2.05) is 24.3 Å². The van der Waals surface area contributed by atoms with Gasteiger partial charge in [0.25, 0.3) is 10.0 Å². The van der Waals surface area contributed by atoms with Crippen LogP contribution >= 0.6 is 23.2 Å². The van der Waals surface area contributed by atoms with Crippen LogP contribution in [0.3, 0.4) is 0 Å². The van der Waals surface area contributed by atoms with E-state index in [0.717, 1.165) is 15.6 Å². The van der Waals surface area contributed by atoms with Crippen molar-refractivity contribution >= 4 is 55.1 Å². The third-order valence-corrected chi connectivity index (χ3v) is 13.2. The van der Waals surface area contributed by atoms with Gasteiger partial charge in [0.2, 0.25) is 10.0 Å². The van der Waals surface area contributed by atoms with Crippen LogP contribution in [0.2, 0.25) is 10.0 Å². The summed E-state index contributed by atoms with van der Waals surface area (Å²) in [6, 6.07) is 17.7. The van der Waals surface area contributed by atoms with Crippen molar-refractivity contribution in [2.75, 3.05) is 38.5 Å². The van der Waals surface area contributed by atoms with E-state index in [1.54, 1.807) is 87.7 Å². The minimum atomic E-state index is -4.17. The highest BCUT2D eigenvalue weighted by molar-refractivity contribution is 7.89. The van der Waals surface area contributed by atoms with E-state index in [9.17, 15) is 21.6 Å². The van der Waals surface area contributed by atoms with E-state index in [-0.39, 0.29) is 55.3 Å². The molecule has 0 saturated carbocycles. The van der Waals surface area contributed by atoms with Gasteiger partial charge in [0.05, 0.1) is 28.8 Å². The van der Waals surface area contributed by atoms with Crippen molar-refractivity contribution in [1.29, 1.82) is 0 Å². The van der Waals surface area contributed by atoms with Crippen LogP contribution in [-0.4, -0.2) is 91.4 Å². The molecule has 0 unspecified atom stereocenters. The molecular formula is C35H43Cl2N5O6S2. The van der Waals surface area contributed by atoms with E-state index in [2.05, 4.69) is 0 Å². The molecule has 3 aromatic carbocycles. The molecule has 2 aliphatic rings. The Hall–Kier alpha value is -3.04. The van der Waals surface area contributed by atoms with E-state index in [4.69, 9.17) is 33.0 Å². The molecule has 15 heteroatoms. The van der Waals surface area contributed by atoms with Crippen LogP contribution in [0.15, 0.2) is 76.6 Å². The SMILES string of the molecule is CCON(C(C)(C)C)S(=O)(=O)c1cc(C2=N[C@@H](c3ccc(Cl)cc3)[C@@H](c3ccc(Cl)cc3)N2C(=O)N2CCN(S(=O)(=O)CC)CC2)ccc1C. The summed E-state index contributed by atoms with van der Waals surface area (Å²) in [6.07, 6.45) is 0. The Bertz CT molecular complexity index is 1960. The molecule has 5 rings (SSSR count). The summed E-state index contributed by atoms with van der Waals surface area (Å²) < 4.78 is 56.0. The third-order valence-electron chi connectivity index (χ3n) is 8.70. The molecule has 50 heavy (non-hydrogen) atoms. The van der Waals surface area contributed by atoms with Gasteiger partial charge in [-0.25, -0.2) is 21.6 Å². The number of aliphatic imine (C=N–C) groups is 1. The number of sulfonamides is 2. The number of carbonyl (C=O) groups is 1. The fourth-order valence-electron chi connectivity index (χ4n) is 6.21. The van der Waals surface area contributed by atoms with Crippen molar-refractivity contribution in [2.24, 2.45) is 4.99 Å². The van der Waals surface area contributed by atoms with Crippen LogP contribution in [0, 0.1) is 6.92 Å². The molecule has 2 aliphatic heterocycles. The lowest BCUT2D eigenvalue weighted by Gasteiger charge is -2.38. The number of piperazine rings is 1. The Morgan fingerprint density at radius 3 is 1.96 bits per heavy atom. The van der Waals surface area contributed by atoms with Gasteiger partial charge in [0.15, 0.2) is 0 Å². The summed E-state index contributed by atoms with van der Waals surface area (Å²) in [7, 11) is -7.61. The predicted molar refractivity (Wildman–Crippen MR) is 196 cm³/mol. The maximum absolute atomic E-state index is 14.8. The zero-order valence-electron chi connectivity index (χ0n) is 29.0. The molecule has 3 aromatic rings. The van der Waals surface area contributed by atoms with Crippen LogP contribution in [0.4, 0.5) is 4.79 Å². The quantitative estimate of drug-likeness (QED) is 0.225. The lowest BCUT2D eigenvalue weighted by atomic mass is 9.93. The number of hydrogen-bond donors (Lipinski definition) is 0. The van der Waals surface area contributed by atoms with Crippen LogP contribution in [0.25, 0.3) is 0 Å². The topological polar surface area (TPSA) is 120 Å². The lowest BCUT2D eigenvalue weighted by molar-refractivity contribution is -0.131. The maximum atomic E-state index is 14.8. The molecule has 0 N–H and O–H groups in total. The van der Waals surface area contributed by atoms with Crippen LogP contribution in [0.1, 0.15) is 69.0 Å². The van der Waals surface area contributed by atoms with Gasteiger partial charge in [-0.3, -0.25) is 14.7 Å². The van der Waals surface area contributed by atoms with Crippen LogP contribution in [0.5, 0.6) is 0 Å². The first-order chi connectivity index (χ1) is 23.5. The molecular weight excluding hydrogens is 721 g/mol. The van der Waals surface area contributed by atoms with Crippen molar-refractivity contribution in [3.8, 4) is 0 Å². The number of urea groups is 1. The summed E-state index contributed by atoms with van der Waals surface area (Å²) >= 11 is 12.6. The monoisotopic (exact) mass is 763 g/mol. The highest BCUT2D eigenvalue weighted by Gasteiger charge is 2.45. The van der Waals surface area contributed by atoms with Gasteiger partial charge in [-0.15, -0.1) is 0 Å². The normalized spacial score (nSPS) is 19.3. The molecule has 1 fully saturated rings. The smallest absolute Gasteiger partial charge is 0.322 e. The van der Waals surface area contributed by atoms with E-state index in [1.165, 1.54) is 10.4 Å². The number of aryl methyl sites for hydroxylation is 1. The van der Waals surface area contributed by atoms with Gasteiger partial charge in [-0.2, -0.15) is 4.31 Å². The van der Waals surface area contributed by atoms with Crippen molar-refractivity contribution in [3.63, 3.8) is 0 Å². The van der Waals surface area contributed by atoms with Gasteiger partial charge in [0, 0.05) is 41.8 Å². The van der Waals surface area contributed by atoms with E-state index < -0.39 is 37.7 Å². The van der Waals surface area contributed by atoms with E-state index in [0.29, 0.717) is 21.2 Å². The molecule has 2 amide bonds. The largest absolute Gasteiger partial charge is 0.326 e. The Morgan fingerprint density at radius 2 is 1.44 bits per heavy atom. The first kappa shape index (κ1) is 38.2. The zero-order chi connectivity index (χ0) is 36.6. The highest BCUT2D eigenvalue weighted by Crippen LogP contribution is 2.45. The first-order valence-corrected chi connectivity index (χ1v) is 20.2. The number of nitrogens with zero attached hydrogens (tertiary/aromatic N) is 5. The van der Waals surface area contributed by atoms with Crippen molar-refractivity contribution in [2.45, 2.75) is 64.1 Å². The summed E-state index contributed by atoms with van der Waals surface area (Å²) in [5, 5.41) is 1.06. The van der Waals surface area contributed by atoms with Gasteiger partial charge in [0.1, 0.15) is 11.9 Å². The molecule has 2 heterocycles. The highest BCUT2D eigenvalue weighted by atomic mass is 35.5. The molecule has 1 saturated heterocycles. The number of amides is 2. The summed E-state index contributed by atoms with van der Waals surface area (Å²) in [6.45, 7) is 11.1. The number of halogens is 2. The van der Waals surface area contributed by atoms with Crippen LogP contribution in [-0.2, 0) is 24.9 Å². The minimum absolute atomic E-state index is 0.0184. The van der Waals surface area contributed by atoms with Crippen molar-refractivity contribution in [1.82, 2.24) is 18.6 Å². The fourth-order valence-corrected chi connectivity index (χ4v) is 9.44. The standard InChI is InChI=1S/C35H43Cl2N5O6S2/c1-7-48-42(35(4,5)6)50(46,47)30-23-27(10-9-24(30)3)33-38-31(25-11-15-28(36)16-12-25)32(26-13-17-29(37)18-14-26)41(33)34(43)39-19-21-40(22-20-39)49(44,45)8-2/h9-18,23,31-32H,7-8,19-22H2,1-6H3/t31-,32+/m0/s1. The molecule has 2 atom stereocenters. The number of benzene rings is 3. The maximum Gasteiger partial charge on any atom is 0.326 e. The Kier molecular flexibility index (Phi) is 11.4. The van der Waals surface area contributed by atoms with E-state index >= 15 is 0 Å². The van der Waals surface area contributed by atoms with Gasteiger partial charge < -0.3 is 4.90 Å². The molecule has 0 aliphatic carbocycles. The number of amidine groups is 1. The van der Waals surface area contributed by atoms with Crippen molar-refractivity contribution in [3.05, 3.63) is 99.0 Å². The molecule has 0 bridgehead atoms. The van der Waals surface area contributed by atoms with Gasteiger partial charge in [-0.05, 0) is 88.6 Å². The Balaban J connectivity index is 1.67. The molecule has 11 nitrogen and oxygen atoms in total. The molecule has 0 aromatic heterocycles.